The van der Waals surface area contributed by atoms with E-state index in [9.17, 15) is 0 Å². The molecule has 1 saturated heterocycles. The molecule has 124 valence electrons. The lowest BCUT2D eigenvalue weighted by Crippen LogP contribution is -2.39. The highest BCUT2D eigenvalue weighted by molar-refractivity contribution is 5.61. The lowest BCUT2D eigenvalue weighted by molar-refractivity contribution is 0.0356. The van der Waals surface area contributed by atoms with Gasteiger partial charge >= 0.3 is 0 Å². The summed E-state index contributed by atoms with van der Waals surface area (Å²) in [4.78, 5) is 5.10. The Hall–Kier alpha value is -1.36. The second kappa shape index (κ2) is 7.04. The van der Waals surface area contributed by atoms with Crippen LogP contribution >= 0.6 is 0 Å². The molecule has 4 heteroatoms. The molecule has 1 aromatic carbocycles. The van der Waals surface area contributed by atoms with Crippen molar-refractivity contribution in [2.75, 3.05) is 64.1 Å². The van der Waals surface area contributed by atoms with Gasteiger partial charge in [-0.3, -0.25) is 4.90 Å². The molecule has 0 bridgehead atoms. The first-order valence-corrected chi connectivity index (χ1v) is 8.80. The fourth-order valence-corrected chi connectivity index (χ4v) is 3.95. The largest absolute Gasteiger partial charge is 0.379 e. The molecule has 0 aliphatic carbocycles. The molecule has 1 fully saturated rings. The van der Waals surface area contributed by atoms with Gasteiger partial charge in [-0.1, -0.05) is 24.3 Å². The highest BCUT2D eigenvalue weighted by Crippen LogP contribution is 2.37. The maximum absolute atomic E-state index is 5.61. The molecule has 0 aromatic heterocycles. The van der Waals surface area contributed by atoms with Crippen LogP contribution in [-0.4, -0.2) is 64.1 Å². The summed E-state index contributed by atoms with van der Waals surface area (Å²) in [5.74, 6) is 0.606. The predicted molar refractivity (Wildman–Crippen MR) is 92.2 cm³/mol. The average molecular weight is 314 g/mol. The summed E-state index contributed by atoms with van der Waals surface area (Å²) in [6.45, 7) is 8.84. The van der Waals surface area contributed by atoms with E-state index in [-0.39, 0.29) is 0 Å². The van der Waals surface area contributed by atoms with Crippen LogP contribution in [0.2, 0.25) is 0 Å². The van der Waals surface area contributed by atoms with Gasteiger partial charge in [0.15, 0.2) is 0 Å². The Kier molecular flexibility index (Phi) is 4.64. The van der Waals surface area contributed by atoms with Crippen molar-refractivity contribution in [3.63, 3.8) is 0 Å². The first kappa shape index (κ1) is 15.2. The third-order valence-electron chi connectivity index (χ3n) is 5.12. The highest BCUT2D eigenvalue weighted by atomic mass is 16.5. The van der Waals surface area contributed by atoms with Gasteiger partial charge < -0.3 is 14.4 Å². The molecule has 1 unspecified atom stereocenters. The van der Waals surface area contributed by atoms with E-state index < -0.39 is 0 Å². The van der Waals surface area contributed by atoms with Crippen LogP contribution in [0.25, 0.3) is 0 Å². The molecule has 1 aromatic rings. The Bertz CT molecular complexity index is 566. The molecular formula is C19H26N2O2. The highest BCUT2D eigenvalue weighted by Gasteiger charge is 2.30. The fraction of sp³-hybridized carbons (Fsp3) is 0.579. The van der Waals surface area contributed by atoms with E-state index in [1.54, 1.807) is 0 Å². The number of hydrogen-bond acceptors (Lipinski definition) is 4. The minimum Gasteiger partial charge on any atom is -0.379 e. The van der Waals surface area contributed by atoms with Gasteiger partial charge in [0.2, 0.25) is 0 Å². The Morgan fingerprint density at radius 3 is 2.74 bits per heavy atom. The standard InChI is InChI=1S/C19H26N2O2/c1-2-6-19-18(5-1)17(13-20-7-10-22-11-8-20)14-21(19)12-16-4-3-9-23-15-16/h1-2,4-6,17H,3,7-15H2. The van der Waals surface area contributed by atoms with Crippen molar-refractivity contribution in [3.05, 3.63) is 41.5 Å². The van der Waals surface area contributed by atoms with Gasteiger partial charge in [-0.05, 0) is 23.6 Å². The molecule has 1 atom stereocenters. The summed E-state index contributed by atoms with van der Waals surface area (Å²) in [6, 6.07) is 8.93. The summed E-state index contributed by atoms with van der Waals surface area (Å²) >= 11 is 0. The van der Waals surface area contributed by atoms with Crippen molar-refractivity contribution in [2.24, 2.45) is 0 Å². The zero-order valence-electron chi connectivity index (χ0n) is 13.7. The summed E-state index contributed by atoms with van der Waals surface area (Å²) in [6.07, 6.45) is 3.42. The zero-order chi connectivity index (χ0) is 15.5. The van der Waals surface area contributed by atoms with Crippen LogP contribution in [0, 0.1) is 0 Å². The Morgan fingerprint density at radius 1 is 1.04 bits per heavy atom. The zero-order valence-corrected chi connectivity index (χ0v) is 13.7. The first-order valence-electron chi connectivity index (χ1n) is 8.80. The molecule has 0 amide bonds. The maximum atomic E-state index is 5.61. The molecule has 0 radical (unpaired) electrons. The van der Waals surface area contributed by atoms with Crippen LogP contribution in [0.1, 0.15) is 17.9 Å². The number of rotatable bonds is 4. The summed E-state index contributed by atoms with van der Waals surface area (Å²) < 4.78 is 11.1. The molecule has 3 aliphatic rings. The predicted octanol–water partition coefficient (Wildman–Crippen LogP) is 2.27. The van der Waals surface area contributed by atoms with E-state index in [0.29, 0.717) is 5.92 Å². The van der Waals surface area contributed by atoms with Gasteiger partial charge in [-0.2, -0.15) is 0 Å². The number of morpholine rings is 1. The molecule has 0 spiro atoms. The van der Waals surface area contributed by atoms with Crippen molar-refractivity contribution >= 4 is 5.69 Å². The van der Waals surface area contributed by atoms with E-state index in [1.807, 2.05) is 0 Å². The minimum atomic E-state index is 0.606. The van der Waals surface area contributed by atoms with Crippen molar-refractivity contribution in [2.45, 2.75) is 12.3 Å². The SMILES string of the molecule is C1=C(CN2CC(CN3CCOCC3)c3ccccc32)COCC1. The van der Waals surface area contributed by atoms with Crippen molar-refractivity contribution in [1.82, 2.24) is 4.90 Å². The Balaban J connectivity index is 1.48. The molecule has 3 heterocycles. The van der Waals surface area contributed by atoms with Gasteiger partial charge in [0.05, 0.1) is 26.4 Å². The number of fused-ring (bicyclic) bond motifs is 1. The van der Waals surface area contributed by atoms with Crippen LogP contribution < -0.4 is 4.90 Å². The number of nitrogens with zero attached hydrogens (tertiary/aromatic N) is 2. The van der Waals surface area contributed by atoms with Gasteiger partial charge in [-0.25, -0.2) is 0 Å². The third-order valence-corrected chi connectivity index (χ3v) is 5.12. The van der Waals surface area contributed by atoms with Crippen molar-refractivity contribution in [3.8, 4) is 0 Å². The lowest BCUT2D eigenvalue weighted by Gasteiger charge is -2.29. The monoisotopic (exact) mass is 314 g/mol. The van der Waals surface area contributed by atoms with E-state index in [2.05, 4.69) is 40.1 Å². The Morgan fingerprint density at radius 2 is 1.91 bits per heavy atom. The van der Waals surface area contributed by atoms with Crippen molar-refractivity contribution < 1.29 is 9.47 Å². The summed E-state index contributed by atoms with van der Waals surface area (Å²) in [5, 5.41) is 0. The third kappa shape index (κ3) is 3.44. The van der Waals surface area contributed by atoms with Gasteiger partial charge in [0.25, 0.3) is 0 Å². The summed E-state index contributed by atoms with van der Waals surface area (Å²) in [5.41, 5.74) is 4.35. The molecule has 4 nitrogen and oxygen atoms in total. The quantitative estimate of drug-likeness (QED) is 0.796. The normalized spacial score (nSPS) is 25.3. The van der Waals surface area contributed by atoms with Gasteiger partial charge in [0, 0.05) is 44.3 Å². The number of anilines is 1. The van der Waals surface area contributed by atoms with Gasteiger partial charge in [0.1, 0.15) is 0 Å². The van der Waals surface area contributed by atoms with E-state index in [1.165, 1.54) is 16.8 Å². The van der Waals surface area contributed by atoms with Crippen LogP contribution in [-0.2, 0) is 9.47 Å². The van der Waals surface area contributed by atoms with E-state index >= 15 is 0 Å². The molecular weight excluding hydrogens is 288 g/mol. The molecule has 0 N–H and O–H groups in total. The number of hydrogen-bond donors (Lipinski definition) is 0. The van der Waals surface area contributed by atoms with Crippen LogP contribution in [0.3, 0.4) is 0 Å². The first-order chi connectivity index (χ1) is 11.4. The number of para-hydroxylation sites is 1. The lowest BCUT2D eigenvalue weighted by atomic mass is 10.0. The molecule has 3 aliphatic heterocycles. The fourth-order valence-electron chi connectivity index (χ4n) is 3.95. The second-order valence-electron chi connectivity index (χ2n) is 6.75. The van der Waals surface area contributed by atoms with Gasteiger partial charge in [-0.15, -0.1) is 0 Å². The molecule has 4 rings (SSSR count). The average Bonchev–Trinajstić information content (AvgIpc) is 2.95. The van der Waals surface area contributed by atoms with E-state index in [0.717, 1.165) is 65.6 Å². The second-order valence-corrected chi connectivity index (χ2v) is 6.75. The summed E-state index contributed by atoms with van der Waals surface area (Å²) in [7, 11) is 0. The smallest absolute Gasteiger partial charge is 0.0694 e. The van der Waals surface area contributed by atoms with Crippen LogP contribution in [0.4, 0.5) is 5.69 Å². The number of benzene rings is 1. The minimum absolute atomic E-state index is 0.606. The van der Waals surface area contributed by atoms with Crippen LogP contribution in [0.5, 0.6) is 0 Å². The topological polar surface area (TPSA) is 24.9 Å². The maximum Gasteiger partial charge on any atom is 0.0694 e. The molecule has 23 heavy (non-hydrogen) atoms. The number of ether oxygens (including phenoxy) is 2. The van der Waals surface area contributed by atoms with E-state index in [4.69, 9.17) is 9.47 Å². The van der Waals surface area contributed by atoms with Crippen molar-refractivity contribution in [1.29, 1.82) is 0 Å². The molecule has 0 saturated carbocycles. The Labute approximate surface area is 138 Å². The van der Waals surface area contributed by atoms with Crippen LogP contribution in [0.15, 0.2) is 35.9 Å².